The molecule has 0 saturated heterocycles. The number of carbonyl (C=O) groups is 2. The van der Waals surface area contributed by atoms with Crippen LogP contribution in [0.4, 0.5) is 5.69 Å². The molecule has 1 aromatic rings. The molecule has 1 rings (SSSR count). The van der Waals surface area contributed by atoms with E-state index in [1.54, 1.807) is 23.8 Å². The summed E-state index contributed by atoms with van der Waals surface area (Å²) in [6.07, 6.45) is 0. The van der Waals surface area contributed by atoms with Gasteiger partial charge < -0.3 is 10.0 Å². The number of likely N-dealkylation sites (N-methyl/N-ethyl adjacent to an activating group) is 2. The number of anilines is 1. The Hall–Kier alpha value is -1.88. The Balaban J connectivity index is 2.72. The lowest BCUT2D eigenvalue weighted by atomic mass is 10.1. The van der Waals surface area contributed by atoms with E-state index in [1.807, 2.05) is 38.1 Å². The quantitative estimate of drug-likeness (QED) is 0.835. The molecule has 1 aromatic carbocycles. The van der Waals surface area contributed by atoms with Gasteiger partial charge in [0.05, 0.1) is 12.5 Å². The van der Waals surface area contributed by atoms with Gasteiger partial charge in [0.15, 0.2) is 0 Å². The van der Waals surface area contributed by atoms with E-state index in [4.69, 9.17) is 5.11 Å². The molecule has 0 aliphatic heterocycles. The molecule has 0 radical (unpaired) electrons. The minimum absolute atomic E-state index is 0.0214. The molecule has 0 bridgehead atoms. The maximum absolute atomic E-state index is 12.4. The van der Waals surface area contributed by atoms with Gasteiger partial charge in [0.25, 0.3) is 0 Å². The van der Waals surface area contributed by atoms with E-state index in [-0.39, 0.29) is 12.5 Å². The van der Waals surface area contributed by atoms with Crippen LogP contribution in [0.3, 0.4) is 0 Å². The van der Waals surface area contributed by atoms with Gasteiger partial charge in [-0.15, -0.1) is 0 Å². The second-order valence-electron chi connectivity index (χ2n) is 5.36. The zero-order valence-electron chi connectivity index (χ0n) is 13.2. The highest BCUT2D eigenvalue weighted by atomic mass is 16.4. The second kappa shape index (κ2) is 7.78. The van der Waals surface area contributed by atoms with E-state index < -0.39 is 11.9 Å². The number of aliphatic carboxylic acids is 1. The first-order valence-corrected chi connectivity index (χ1v) is 7.14. The first-order chi connectivity index (χ1) is 9.86. The predicted octanol–water partition coefficient (Wildman–Crippen LogP) is 2.00. The van der Waals surface area contributed by atoms with E-state index in [0.717, 1.165) is 11.3 Å². The molecule has 1 atom stereocenters. The van der Waals surface area contributed by atoms with Crippen molar-refractivity contribution in [1.29, 1.82) is 0 Å². The molecule has 21 heavy (non-hydrogen) atoms. The van der Waals surface area contributed by atoms with Crippen molar-refractivity contribution in [2.24, 2.45) is 5.92 Å². The molecule has 0 aliphatic carbocycles. The van der Waals surface area contributed by atoms with Gasteiger partial charge in [0, 0.05) is 18.8 Å². The van der Waals surface area contributed by atoms with Crippen LogP contribution < -0.4 is 4.90 Å². The largest absolute Gasteiger partial charge is 0.481 e. The molecular formula is C16H24N2O3. The third kappa shape index (κ3) is 4.86. The fourth-order valence-electron chi connectivity index (χ4n) is 2.27. The van der Waals surface area contributed by atoms with Crippen molar-refractivity contribution in [2.45, 2.75) is 20.8 Å². The van der Waals surface area contributed by atoms with Gasteiger partial charge in [-0.25, -0.2) is 0 Å². The Morgan fingerprint density at radius 2 is 1.90 bits per heavy atom. The van der Waals surface area contributed by atoms with E-state index >= 15 is 0 Å². The molecule has 0 heterocycles. The average molecular weight is 292 g/mol. The number of rotatable bonds is 7. The number of para-hydroxylation sites is 1. The number of hydrogen-bond donors (Lipinski definition) is 1. The Kier molecular flexibility index (Phi) is 6.37. The number of amides is 1. The highest BCUT2D eigenvalue weighted by Crippen LogP contribution is 2.19. The fourth-order valence-corrected chi connectivity index (χ4v) is 2.27. The summed E-state index contributed by atoms with van der Waals surface area (Å²) in [6, 6.07) is 7.75. The van der Waals surface area contributed by atoms with Gasteiger partial charge in [-0.05, 0) is 32.5 Å². The standard InChI is InChI=1S/C16H24N2O3/c1-5-18(14-9-7-6-8-12(14)2)15(19)11-17(4)10-13(3)16(20)21/h6-9,13H,5,10-11H2,1-4H3,(H,20,21). The lowest BCUT2D eigenvalue weighted by molar-refractivity contribution is -0.142. The molecule has 0 spiro atoms. The molecule has 5 heteroatoms. The van der Waals surface area contributed by atoms with E-state index in [2.05, 4.69) is 0 Å². The van der Waals surface area contributed by atoms with Crippen molar-refractivity contribution in [3.8, 4) is 0 Å². The average Bonchev–Trinajstić information content (AvgIpc) is 2.41. The Morgan fingerprint density at radius 3 is 2.43 bits per heavy atom. The first-order valence-electron chi connectivity index (χ1n) is 7.14. The smallest absolute Gasteiger partial charge is 0.307 e. The molecule has 0 fully saturated rings. The third-order valence-corrected chi connectivity index (χ3v) is 3.44. The number of carboxylic acids is 1. The summed E-state index contributed by atoms with van der Waals surface area (Å²) >= 11 is 0. The summed E-state index contributed by atoms with van der Waals surface area (Å²) in [5.74, 6) is -1.36. The minimum atomic E-state index is -0.847. The van der Waals surface area contributed by atoms with Crippen molar-refractivity contribution in [3.05, 3.63) is 29.8 Å². The zero-order chi connectivity index (χ0) is 16.0. The summed E-state index contributed by atoms with van der Waals surface area (Å²) in [4.78, 5) is 26.8. The van der Waals surface area contributed by atoms with Crippen LogP contribution in [0, 0.1) is 12.8 Å². The van der Waals surface area contributed by atoms with Crippen LogP contribution in [-0.4, -0.2) is 48.6 Å². The number of carbonyl (C=O) groups excluding carboxylic acids is 1. The van der Waals surface area contributed by atoms with Crippen LogP contribution in [0.5, 0.6) is 0 Å². The first kappa shape index (κ1) is 17.2. The molecular weight excluding hydrogens is 268 g/mol. The summed E-state index contributed by atoms with van der Waals surface area (Å²) in [7, 11) is 1.77. The lowest BCUT2D eigenvalue weighted by Gasteiger charge is -2.26. The van der Waals surface area contributed by atoms with Gasteiger partial charge >= 0.3 is 5.97 Å². The topological polar surface area (TPSA) is 60.9 Å². The summed E-state index contributed by atoms with van der Waals surface area (Å²) < 4.78 is 0. The molecule has 5 nitrogen and oxygen atoms in total. The number of hydrogen-bond acceptors (Lipinski definition) is 3. The number of benzene rings is 1. The minimum Gasteiger partial charge on any atom is -0.481 e. The normalized spacial score (nSPS) is 12.2. The SMILES string of the molecule is CCN(C(=O)CN(C)CC(C)C(=O)O)c1ccccc1C. The molecule has 0 aliphatic rings. The number of nitrogens with zero attached hydrogens (tertiary/aromatic N) is 2. The van der Waals surface area contributed by atoms with Gasteiger partial charge in [0.2, 0.25) is 5.91 Å². The van der Waals surface area contributed by atoms with Crippen molar-refractivity contribution in [3.63, 3.8) is 0 Å². The van der Waals surface area contributed by atoms with E-state index in [0.29, 0.717) is 13.1 Å². The molecule has 116 valence electrons. The van der Waals surface area contributed by atoms with Crippen LogP contribution in [0.2, 0.25) is 0 Å². The summed E-state index contributed by atoms with van der Waals surface area (Å²) in [6.45, 7) is 6.70. The van der Waals surface area contributed by atoms with Crippen LogP contribution in [0.25, 0.3) is 0 Å². The van der Waals surface area contributed by atoms with Gasteiger partial charge in [0.1, 0.15) is 0 Å². The molecule has 1 unspecified atom stereocenters. The Labute approximate surface area is 126 Å². The maximum Gasteiger partial charge on any atom is 0.307 e. The van der Waals surface area contributed by atoms with Crippen LogP contribution in [0.15, 0.2) is 24.3 Å². The second-order valence-corrected chi connectivity index (χ2v) is 5.36. The van der Waals surface area contributed by atoms with Gasteiger partial charge in [-0.1, -0.05) is 25.1 Å². The number of carboxylic acid groups (broad SMARTS) is 1. The fraction of sp³-hybridized carbons (Fsp3) is 0.500. The molecule has 0 aromatic heterocycles. The molecule has 1 amide bonds. The highest BCUT2D eigenvalue weighted by Gasteiger charge is 2.20. The monoisotopic (exact) mass is 292 g/mol. The van der Waals surface area contributed by atoms with Gasteiger partial charge in [-0.2, -0.15) is 0 Å². The Bertz CT molecular complexity index is 502. The third-order valence-electron chi connectivity index (χ3n) is 3.44. The van der Waals surface area contributed by atoms with Crippen molar-refractivity contribution >= 4 is 17.6 Å². The van der Waals surface area contributed by atoms with E-state index in [1.165, 1.54) is 0 Å². The van der Waals surface area contributed by atoms with Crippen molar-refractivity contribution < 1.29 is 14.7 Å². The van der Waals surface area contributed by atoms with Crippen molar-refractivity contribution in [2.75, 3.05) is 31.6 Å². The van der Waals surface area contributed by atoms with Gasteiger partial charge in [-0.3, -0.25) is 14.5 Å². The van der Waals surface area contributed by atoms with Crippen LogP contribution in [0.1, 0.15) is 19.4 Å². The summed E-state index contributed by atoms with van der Waals surface area (Å²) in [5.41, 5.74) is 1.96. The Morgan fingerprint density at radius 1 is 1.29 bits per heavy atom. The lowest BCUT2D eigenvalue weighted by Crippen LogP contribution is -2.41. The molecule has 1 N–H and O–H groups in total. The molecule has 0 saturated carbocycles. The highest BCUT2D eigenvalue weighted by molar-refractivity contribution is 5.95. The summed E-state index contributed by atoms with van der Waals surface area (Å²) in [5, 5.41) is 8.91. The van der Waals surface area contributed by atoms with E-state index in [9.17, 15) is 9.59 Å². The zero-order valence-corrected chi connectivity index (χ0v) is 13.2. The van der Waals surface area contributed by atoms with Crippen LogP contribution >= 0.6 is 0 Å². The predicted molar refractivity (Wildman–Crippen MR) is 83.5 cm³/mol. The maximum atomic E-state index is 12.4. The van der Waals surface area contributed by atoms with Crippen LogP contribution in [-0.2, 0) is 9.59 Å². The number of aryl methyl sites for hydroxylation is 1. The van der Waals surface area contributed by atoms with Crippen molar-refractivity contribution in [1.82, 2.24) is 4.90 Å².